The van der Waals surface area contributed by atoms with Gasteiger partial charge in [-0.3, -0.25) is 4.79 Å². The zero-order valence-corrected chi connectivity index (χ0v) is 11.8. The third kappa shape index (κ3) is 2.39. The molecule has 0 aliphatic heterocycles. The molecule has 0 aromatic carbocycles. The molecule has 0 atom stereocenters. The van der Waals surface area contributed by atoms with Crippen molar-refractivity contribution in [2.75, 3.05) is 6.61 Å². The van der Waals surface area contributed by atoms with E-state index in [4.69, 9.17) is 9.26 Å². The van der Waals surface area contributed by atoms with Crippen LogP contribution in [0, 0.1) is 0 Å². The van der Waals surface area contributed by atoms with Crippen molar-refractivity contribution >= 4 is 5.97 Å². The number of ether oxygens (including phenoxy) is 1. The maximum Gasteiger partial charge on any atom is 0.321 e. The number of nitrogens with zero attached hydrogens (tertiary/aromatic N) is 4. The molecule has 21 heavy (non-hydrogen) atoms. The van der Waals surface area contributed by atoms with E-state index in [1.54, 1.807) is 25.4 Å². The Labute approximate surface area is 121 Å². The third-order valence-electron chi connectivity index (χ3n) is 3.72. The molecule has 1 fully saturated rings. The summed E-state index contributed by atoms with van der Waals surface area (Å²) in [6, 6.07) is 1.71. The van der Waals surface area contributed by atoms with Crippen molar-refractivity contribution < 1.29 is 14.1 Å². The first-order valence-electron chi connectivity index (χ1n) is 7.05. The lowest BCUT2D eigenvalue weighted by molar-refractivity contribution is -0.151. The van der Waals surface area contributed by atoms with Gasteiger partial charge in [0.25, 0.3) is 0 Å². The molecule has 0 N–H and O–H groups in total. The summed E-state index contributed by atoms with van der Waals surface area (Å²) in [6.07, 6.45) is 6.44. The molecule has 7 nitrogen and oxygen atoms in total. The molecule has 7 heteroatoms. The average Bonchev–Trinajstić information content (AvgIpc) is 3.18. The van der Waals surface area contributed by atoms with Crippen LogP contribution in [0.1, 0.15) is 38.5 Å². The summed E-state index contributed by atoms with van der Waals surface area (Å²) < 4.78 is 10.5. The SMILES string of the molecule is CCOC(=O)C1(c2nc(-c3ncccn3)no2)CCCC1. The van der Waals surface area contributed by atoms with Gasteiger partial charge in [0.1, 0.15) is 5.41 Å². The van der Waals surface area contributed by atoms with Crippen molar-refractivity contribution in [3.05, 3.63) is 24.4 Å². The average molecular weight is 288 g/mol. The fourth-order valence-corrected chi connectivity index (χ4v) is 2.68. The molecule has 0 radical (unpaired) electrons. The second-order valence-corrected chi connectivity index (χ2v) is 5.01. The Balaban J connectivity index is 1.95. The maximum absolute atomic E-state index is 12.3. The highest BCUT2D eigenvalue weighted by atomic mass is 16.5. The first-order chi connectivity index (χ1) is 10.3. The molecule has 0 unspecified atom stereocenters. The summed E-state index contributed by atoms with van der Waals surface area (Å²) in [6.45, 7) is 2.13. The molecule has 1 saturated carbocycles. The molecule has 1 aliphatic rings. The van der Waals surface area contributed by atoms with Gasteiger partial charge in [0, 0.05) is 12.4 Å². The van der Waals surface area contributed by atoms with E-state index in [1.807, 2.05) is 0 Å². The Bertz CT molecular complexity index is 620. The summed E-state index contributed by atoms with van der Waals surface area (Å²) in [4.78, 5) is 24.8. The Kier molecular flexibility index (Phi) is 3.64. The van der Waals surface area contributed by atoms with Gasteiger partial charge in [-0.25, -0.2) is 9.97 Å². The summed E-state index contributed by atoms with van der Waals surface area (Å²) in [5.74, 6) is 0.693. The van der Waals surface area contributed by atoms with Gasteiger partial charge in [-0.15, -0.1) is 0 Å². The fourth-order valence-electron chi connectivity index (χ4n) is 2.68. The molecule has 1 aliphatic carbocycles. The fraction of sp³-hybridized carbons (Fsp3) is 0.500. The van der Waals surface area contributed by atoms with Crippen LogP contribution in [0.3, 0.4) is 0 Å². The largest absolute Gasteiger partial charge is 0.465 e. The molecule has 110 valence electrons. The molecule has 0 amide bonds. The Morgan fingerprint density at radius 3 is 2.67 bits per heavy atom. The van der Waals surface area contributed by atoms with Crippen molar-refractivity contribution in [3.8, 4) is 11.6 Å². The minimum absolute atomic E-state index is 0.285. The number of esters is 1. The predicted molar refractivity (Wildman–Crippen MR) is 72.1 cm³/mol. The van der Waals surface area contributed by atoms with Gasteiger partial charge in [-0.2, -0.15) is 4.98 Å². The monoisotopic (exact) mass is 288 g/mol. The van der Waals surface area contributed by atoms with E-state index in [-0.39, 0.29) is 5.97 Å². The van der Waals surface area contributed by atoms with E-state index < -0.39 is 5.41 Å². The first-order valence-corrected chi connectivity index (χ1v) is 7.05. The van der Waals surface area contributed by atoms with E-state index >= 15 is 0 Å². The number of hydrogen-bond donors (Lipinski definition) is 0. The summed E-state index contributed by atoms with van der Waals surface area (Å²) in [5, 5.41) is 3.90. The van der Waals surface area contributed by atoms with Crippen molar-refractivity contribution in [3.63, 3.8) is 0 Å². The number of rotatable bonds is 4. The molecule has 2 aromatic rings. The lowest BCUT2D eigenvalue weighted by Crippen LogP contribution is -2.35. The van der Waals surface area contributed by atoms with Gasteiger partial charge in [0.15, 0.2) is 0 Å². The Hall–Kier alpha value is -2.31. The topological polar surface area (TPSA) is 91.0 Å². The van der Waals surface area contributed by atoms with Gasteiger partial charge in [0.05, 0.1) is 6.61 Å². The highest BCUT2D eigenvalue weighted by Gasteiger charge is 2.49. The number of hydrogen-bond acceptors (Lipinski definition) is 7. The summed E-state index contributed by atoms with van der Waals surface area (Å²) in [5.41, 5.74) is -0.809. The first kappa shape index (κ1) is 13.7. The lowest BCUT2D eigenvalue weighted by Gasteiger charge is -2.21. The molecule has 2 heterocycles. The van der Waals surface area contributed by atoms with E-state index in [9.17, 15) is 4.79 Å². The molecule has 2 aromatic heterocycles. The van der Waals surface area contributed by atoms with Crippen LogP contribution in [-0.2, 0) is 14.9 Å². The molecule has 0 spiro atoms. The minimum atomic E-state index is -0.809. The second kappa shape index (κ2) is 5.59. The molecular formula is C14H16N4O3. The van der Waals surface area contributed by atoms with Crippen LogP contribution in [0.2, 0.25) is 0 Å². The van der Waals surface area contributed by atoms with Crippen LogP contribution in [0.4, 0.5) is 0 Å². The molecule has 3 rings (SSSR count). The van der Waals surface area contributed by atoms with Crippen molar-refractivity contribution in [1.29, 1.82) is 0 Å². The second-order valence-electron chi connectivity index (χ2n) is 5.01. The molecule has 0 saturated heterocycles. The Morgan fingerprint density at radius 1 is 1.29 bits per heavy atom. The van der Waals surface area contributed by atoms with Gasteiger partial charge >= 0.3 is 5.97 Å². The highest BCUT2D eigenvalue weighted by Crippen LogP contribution is 2.41. The molecular weight excluding hydrogens is 272 g/mol. The van der Waals surface area contributed by atoms with E-state index in [0.29, 0.717) is 37.0 Å². The highest BCUT2D eigenvalue weighted by molar-refractivity contribution is 5.82. The number of carbonyl (C=O) groups is 1. The van der Waals surface area contributed by atoms with E-state index in [2.05, 4.69) is 20.1 Å². The van der Waals surface area contributed by atoms with Crippen LogP contribution in [0.15, 0.2) is 23.0 Å². The normalized spacial score (nSPS) is 16.8. The van der Waals surface area contributed by atoms with Gasteiger partial charge in [0.2, 0.25) is 17.5 Å². The van der Waals surface area contributed by atoms with Crippen LogP contribution in [0.25, 0.3) is 11.6 Å². The zero-order valence-electron chi connectivity index (χ0n) is 11.8. The Morgan fingerprint density at radius 2 is 2.00 bits per heavy atom. The van der Waals surface area contributed by atoms with Gasteiger partial charge in [-0.05, 0) is 25.8 Å². The van der Waals surface area contributed by atoms with Crippen LogP contribution in [-0.4, -0.2) is 32.7 Å². The van der Waals surface area contributed by atoms with Crippen molar-refractivity contribution in [2.24, 2.45) is 0 Å². The van der Waals surface area contributed by atoms with Crippen LogP contribution in [0.5, 0.6) is 0 Å². The number of carbonyl (C=O) groups excluding carboxylic acids is 1. The summed E-state index contributed by atoms with van der Waals surface area (Å²) in [7, 11) is 0. The van der Waals surface area contributed by atoms with Crippen LogP contribution < -0.4 is 0 Å². The third-order valence-corrected chi connectivity index (χ3v) is 3.72. The standard InChI is InChI=1S/C14H16N4O3/c1-2-20-13(19)14(6-3-4-7-14)12-17-11(18-21-12)10-15-8-5-9-16-10/h5,8-9H,2-4,6-7H2,1H3. The smallest absolute Gasteiger partial charge is 0.321 e. The zero-order chi connectivity index (χ0) is 14.7. The maximum atomic E-state index is 12.3. The van der Waals surface area contributed by atoms with Crippen LogP contribution >= 0.6 is 0 Å². The van der Waals surface area contributed by atoms with Gasteiger partial charge in [-0.1, -0.05) is 18.0 Å². The molecule has 0 bridgehead atoms. The van der Waals surface area contributed by atoms with E-state index in [1.165, 1.54) is 0 Å². The van der Waals surface area contributed by atoms with E-state index in [0.717, 1.165) is 12.8 Å². The summed E-state index contributed by atoms with van der Waals surface area (Å²) >= 11 is 0. The number of aromatic nitrogens is 4. The minimum Gasteiger partial charge on any atom is -0.465 e. The van der Waals surface area contributed by atoms with Gasteiger partial charge < -0.3 is 9.26 Å². The van der Waals surface area contributed by atoms with Crippen molar-refractivity contribution in [1.82, 2.24) is 20.1 Å². The van der Waals surface area contributed by atoms with Crippen molar-refractivity contribution in [2.45, 2.75) is 38.0 Å². The predicted octanol–water partition coefficient (Wildman–Crippen LogP) is 1.90. The quantitative estimate of drug-likeness (QED) is 0.793. The lowest BCUT2D eigenvalue weighted by atomic mass is 9.86.